The lowest BCUT2D eigenvalue weighted by Gasteiger charge is -2.38. The maximum atomic E-state index is 11.9. The molecule has 2 aliphatic heterocycles. The van der Waals surface area contributed by atoms with Gasteiger partial charge in [0.05, 0.1) is 0 Å². The number of halogens is 1. The third-order valence-electron chi connectivity index (χ3n) is 6.69. The molecule has 0 bridgehead atoms. The molecule has 0 saturated carbocycles. The number of aliphatic imine (C=N–C) groups is 1. The minimum atomic E-state index is 0. The third kappa shape index (κ3) is 6.19. The molecule has 33 heavy (non-hydrogen) atoms. The van der Waals surface area contributed by atoms with Crippen LogP contribution < -0.4 is 10.2 Å². The summed E-state index contributed by atoms with van der Waals surface area (Å²) in [5.74, 6) is 1.22. The summed E-state index contributed by atoms with van der Waals surface area (Å²) in [5.41, 5.74) is 6.47. The molecule has 0 radical (unpaired) electrons. The highest BCUT2D eigenvalue weighted by atomic mass is 127. The van der Waals surface area contributed by atoms with Crippen LogP contribution in [0.5, 0.6) is 0 Å². The van der Waals surface area contributed by atoms with E-state index in [9.17, 15) is 4.79 Å². The van der Waals surface area contributed by atoms with Crippen molar-refractivity contribution in [1.29, 1.82) is 0 Å². The average Bonchev–Trinajstić information content (AvgIpc) is 3.21. The Morgan fingerprint density at radius 1 is 1.00 bits per heavy atom. The predicted octanol–water partition coefficient (Wildman–Crippen LogP) is 3.94. The van der Waals surface area contributed by atoms with Gasteiger partial charge in [-0.1, -0.05) is 36.4 Å². The van der Waals surface area contributed by atoms with Gasteiger partial charge in [-0.3, -0.25) is 9.79 Å². The zero-order chi connectivity index (χ0) is 22.5. The number of carbonyl (C=O) groups is 1. The number of hydrogen-bond donors (Lipinski definition) is 1. The van der Waals surface area contributed by atoms with Crippen LogP contribution in [0, 0.1) is 13.8 Å². The molecule has 178 valence electrons. The van der Waals surface area contributed by atoms with E-state index in [0.717, 1.165) is 51.6 Å². The van der Waals surface area contributed by atoms with E-state index in [-0.39, 0.29) is 29.9 Å². The number of piperazine rings is 1. The van der Waals surface area contributed by atoms with Gasteiger partial charge in [0, 0.05) is 65.0 Å². The van der Waals surface area contributed by atoms with Crippen molar-refractivity contribution in [3.63, 3.8) is 0 Å². The summed E-state index contributed by atoms with van der Waals surface area (Å²) in [6.45, 7) is 10.6. The van der Waals surface area contributed by atoms with Crippen LogP contribution >= 0.6 is 24.0 Å². The number of nitrogens with zero attached hydrogens (tertiary/aromatic N) is 4. The van der Waals surface area contributed by atoms with Gasteiger partial charge in [0.15, 0.2) is 5.96 Å². The topological polar surface area (TPSA) is 51.2 Å². The van der Waals surface area contributed by atoms with E-state index in [1.807, 2.05) is 11.9 Å². The van der Waals surface area contributed by atoms with Crippen molar-refractivity contribution >= 4 is 41.5 Å². The maximum absolute atomic E-state index is 11.9. The molecule has 2 fully saturated rings. The molecule has 0 atom stereocenters. The quantitative estimate of drug-likeness (QED) is 0.342. The standard InChI is InChI=1S/C26H35N5O.HI/c1-20-7-4-10-24(21(20)2)29-13-15-30(16-14-29)26(27-3)28-18-22-8-5-9-23(17-22)19-31-12-6-11-25(31)32;/h4-5,7-10,17H,6,11-16,18-19H2,1-3H3,(H,27,28);1H. The van der Waals surface area contributed by atoms with E-state index in [1.165, 1.54) is 27.9 Å². The van der Waals surface area contributed by atoms with Crippen LogP contribution in [0.3, 0.4) is 0 Å². The first-order valence-electron chi connectivity index (χ1n) is 11.7. The zero-order valence-electron chi connectivity index (χ0n) is 20.0. The number of anilines is 1. The second kappa shape index (κ2) is 11.7. The monoisotopic (exact) mass is 561 g/mol. The highest BCUT2D eigenvalue weighted by Crippen LogP contribution is 2.24. The molecule has 0 spiro atoms. The Morgan fingerprint density at radius 3 is 2.42 bits per heavy atom. The fourth-order valence-electron chi connectivity index (χ4n) is 4.68. The molecular weight excluding hydrogens is 525 g/mol. The third-order valence-corrected chi connectivity index (χ3v) is 6.69. The van der Waals surface area contributed by atoms with E-state index < -0.39 is 0 Å². The molecule has 2 aliphatic rings. The highest BCUT2D eigenvalue weighted by Gasteiger charge is 2.22. The van der Waals surface area contributed by atoms with Crippen LogP contribution in [-0.4, -0.2) is 61.4 Å². The number of aryl methyl sites for hydroxylation is 1. The molecular formula is C26H36IN5O. The van der Waals surface area contributed by atoms with Gasteiger partial charge in [-0.2, -0.15) is 0 Å². The van der Waals surface area contributed by atoms with Gasteiger partial charge in [-0.05, 0) is 48.6 Å². The van der Waals surface area contributed by atoms with Gasteiger partial charge in [-0.25, -0.2) is 0 Å². The maximum Gasteiger partial charge on any atom is 0.222 e. The number of amides is 1. The SMILES string of the molecule is CN=C(NCc1cccc(CN2CCCC2=O)c1)N1CCN(c2cccc(C)c2C)CC1.I. The van der Waals surface area contributed by atoms with Gasteiger partial charge in [0.25, 0.3) is 0 Å². The number of benzene rings is 2. The van der Waals surface area contributed by atoms with Crippen LogP contribution in [0.25, 0.3) is 0 Å². The van der Waals surface area contributed by atoms with E-state index >= 15 is 0 Å². The second-order valence-electron chi connectivity index (χ2n) is 8.83. The highest BCUT2D eigenvalue weighted by molar-refractivity contribution is 14.0. The Balaban J connectivity index is 0.00000306. The van der Waals surface area contributed by atoms with Gasteiger partial charge in [-0.15, -0.1) is 24.0 Å². The van der Waals surface area contributed by atoms with Crippen LogP contribution in [-0.2, 0) is 17.9 Å². The van der Waals surface area contributed by atoms with Crippen molar-refractivity contribution in [3.8, 4) is 0 Å². The van der Waals surface area contributed by atoms with E-state index in [1.54, 1.807) is 0 Å². The van der Waals surface area contributed by atoms with Crippen molar-refractivity contribution in [2.24, 2.45) is 4.99 Å². The zero-order valence-corrected chi connectivity index (χ0v) is 22.3. The number of hydrogen-bond acceptors (Lipinski definition) is 3. The van der Waals surface area contributed by atoms with Gasteiger partial charge in [0.1, 0.15) is 0 Å². The van der Waals surface area contributed by atoms with Gasteiger partial charge < -0.3 is 20.0 Å². The molecule has 2 saturated heterocycles. The number of likely N-dealkylation sites (tertiary alicyclic amines) is 1. The van der Waals surface area contributed by atoms with E-state index in [0.29, 0.717) is 13.0 Å². The lowest BCUT2D eigenvalue weighted by molar-refractivity contribution is -0.128. The second-order valence-corrected chi connectivity index (χ2v) is 8.83. The summed E-state index contributed by atoms with van der Waals surface area (Å²) in [7, 11) is 1.86. The molecule has 1 amide bonds. The van der Waals surface area contributed by atoms with Crippen molar-refractivity contribution in [1.82, 2.24) is 15.1 Å². The average molecular weight is 562 g/mol. The molecule has 2 heterocycles. The smallest absolute Gasteiger partial charge is 0.222 e. The van der Waals surface area contributed by atoms with Crippen LogP contribution in [0.1, 0.15) is 35.1 Å². The first-order valence-corrected chi connectivity index (χ1v) is 11.7. The lowest BCUT2D eigenvalue weighted by atomic mass is 10.1. The largest absolute Gasteiger partial charge is 0.368 e. The Bertz CT molecular complexity index is 984. The van der Waals surface area contributed by atoms with E-state index in [2.05, 4.69) is 76.4 Å². The number of nitrogens with one attached hydrogen (secondary N) is 1. The Morgan fingerprint density at radius 2 is 1.73 bits per heavy atom. The van der Waals surface area contributed by atoms with Crippen molar-refractivity contribution in [3.05, 3.63) is 64.7 Å². The van der Waals surface area contributed by atoms with E-state index in [4.69, 9.17) is 0 Å². The molecule has 0 aliphatic carbocycles. The first-order chi connectivity index (χ1) is 15.5. The molecule has 2 aromatic carbocycles. The molecule has 0 unspecified atom stereocenters. The lowest BCUT2D eigenvalue weighted by Crippen LogP contribution is -2.52. The number of carbonyl (C=O) groups excluding carboxylic acids is 1. The Hall–Kier alpha value is -2.29. The van der Waals surface area contributed by atoms with Crippen LogP contribution in [0.2, 0.25) is 0 Å². The fourth-order valence-corrected chi connectivity index (χ4v) is 4.68. The summed E-state index contributed by atoms with van der Waals surface area (Å²) in [5, 5.41) is 3.54. The molecule has 4 rings (SSSR count). The summed E-state index contributed by atoms with van der Waals surface area (Å²) in [4.78, 5) is 23.2. The van der Waals surface area contributed by atoms with Crippen molar-refractivity contribution < 1.29 is 4.79 Å². The fraction of sp³-hybridized carbons (Fsp3) is 0.462. The minimum Gasteiger partial charge on any atom is -0.368 e. The Kier molecular flexibility index (Phi) is 9.00. The summed E-state index contributed by atoms with van der Waals surface area (Å²) < 4.78 is 0. The predicted molar refractivity (Wildman–Crippen MR) is 146 cm³/mol. The van der Waals surface area contributed by atoms with Crippen LogP contribution in [0.15, 0.2) is 47.5 Å². The minimum absolute atomic E-state index is 0. The summed E-state index contributed by atoms with van der Waals surface area (Å²) in [6.07, 6.45) is 1.67. The summed E-state index contributed by atoms with van der Waals surface area (Å²) >= 11 is 0. The van der Waals surface area contributed by atoms with Crippen LogP contribution in [0.4, 0.5) is 5.69 Å². The molecule has 2 aromatic rings. The molecule has 1 N–H and O–H groups in total. The first kappa shape index (κ1) is 25.3. The molecule has 0 aromatic heterocycles. The molecule has 6 nitrogen and oxygen atoms in total. The summed E-state index contributed by atoms with van der Waals surface area (Å²) in [6, 6.07) is 15.1. The van der Waals surface area contributed by atoms with Gasteiger partial charge in [0.2, 0.25) is 5.91 Å². The Labute approximate surface area is 215 Å². The molecule has 7 heteroatoms. The van der Waals surface area contributed by atoms with Crippen molar-refractivity contribution in [2.75, 3.05) is 44.7 Å². The van der Waals surface area contributed by atoms with Gasteiger partial charge >= 0.3 is 0 Å². The van der Waals surface area contributed by atoms with Crippen molar-refractivity contribution in [2.45, 2.75) is 39.8 Å². The number of guanidine groups is 1. The normalized spacial score (nSPS) is 16.8. The number of rotatable bonds is 5.